The standard InChI is InChI=1S/C13H19NO4S/c1-13(2,8-9-15)14-12(16)10-4-6-11(7-5-10)19(3,17)18/h4-7,15H,8-9H2,1-3H3,(H,14,16). The Balaban J connectivity index is 2.85. The zero-order valence-corrected chi connectivity index (χ0v) is 12.1. The van der Waals surface area contributed by atoms with Crippen molar-refractivity contribution in [1.29, 1.82) is 0 Å². The summed E-state index contributed by atoms with van der Waals surface area (Å²) in [7, 11) is -3.25. The highest BCUT2D eigenvalue weighted by Gasteiger charge is 2.20. The fraction of sp³-hybridized carbons (Fsp3) is 0.462. The molecule has 0 aliphatic heterocycles. The Morgan fingerprint density at radius 2 is 1.79 bits per heavy atom. The van der Waals surface area contributed by atoms with Crippen molar-refractivity contribution in [3.63, 3.8) is 0 Å². The average Bonchev–Trinajstić information content (AvgIpc) is 2.27. The zero-order valence-electron chi connectivity index (χ0n) is 11.3. The van der Waals surface area contributed by atoms with Crippen LogP contribution in [0.2, 0.25) is 0 Å². The van der Waals surface area contributed by atoms with E-state index in [1.807, 2.05) is 13.8 Å². The van der Waals surface area contributed by atoms with Crippen LogP contribution in [0.25, 0.3) is 0 Å². The molecule has 0 aromatic heterocycles. The molecule has 0 heterocycles. The molecular weight excluding hydrogens is 266 g/mol. The van der Waals surface area contributed by atoms with Crippen LogP contribution in [-0.4, -0.2) is 37.8 Å². The number of aliphatic hydroxyl groups excluding tert-OH is 1. The van der Waals surface area contributed by atoms with Crippen LogP contribution in [-0.2, 0) is 9.84 Å². The third-order valence-corrected chi connectivity index (χ3v) is 3.86. The van der Waals surface area contributed by atoms with Crippen molar-refractivity contribution in [3.8, 4) is 0 Å². The van der Waals surface area contributed by atoms with Crippen LogP contribution < -0.4 is 5.32 Å². The Kier molecular flexibility index (Phi) is 4.70. The van der Waals surface area contributed by atoms with Crippen molar-refractivity contribution < 1.29 is 18.3 Å². The molecule has 0 atom stereocenters. The topological polar surface area (TPSA) is 83.5 Å². The molecule has 1 aromatic rings. The molecule has 0 aliphatic rings. The van der Waals surface area contributed by atoms with Gasteiger partial charge in [0, 0.05) is 24.0 Å². The minimum Gasteiger partial charge on any atom is -0.396 e. The van der Waals surface area contributed by atoms with E-state index in [9.17, 15) is 13.2 Å². The van der Waals surface area contributed by atoms with E-state index in [0.717, 1.165) is 6.26 Å². The normalized spacial score (nSPS) is 12.2. The summed E-state index contributed by atoms with van der Waals surface area (Å²) in [5.74, 6) is -0.293. The third-order valence-electron chi connectivity index (χ3n) is 2.73. The SMILES string of the molecule is CC(C)(CCO)NC(=O)c1ccc(S(C)(=O)=O)cc1. The van der Waals surface area contributed by atoms with Gasteiger partial charge in [-0.3, -0.25) is 4.79 Å². The first-order chi connectivity index (χ1) is 8.65. The summed E-state index contributed by atoms with van der Waals surface area (Å²) in [6, 6.07) is 5.76. The van der Waals surface area contributed by atoms with Gasteiger partial charge in [0.1, 0.15) is 0 Å². The minimum atomic E-state index is -3.25. The number of benzene rings is 1. The summed E-state index contributed by atoms with van der Waals surface area (Å²) in [6.45, 7) is 3.61. The molecule has 0 bridgehead atoms. The number of carbonyl (C=O) groups excluding carboxylic acids is 1. The first-order valence-electron chi connectivity index (χ1n) is 5.89. The molecular formula is C13H19NO4S. The first-order valence-corrected chi connectivity index (χ1v) is 7.78. The van der Waals surface area contributed by atoms with Gasteiger partial charge in [-0.05, 0) is 44.5 Å². The summed E-state index contributed by atoms with van der Waals surface area (Å²) >= 11 is 0. The number of amides is 1. The van der Waals surface area contributed by atoms with Gasteiger partial charge in [0.2, 0.25) is 0 Å². The van der Waals surface area contributed by atoms with Gasteiger partial charge in [-0.1, -0.05) is 0 Å². The van der Waals surface area contributed by atoms with Crippen molar-refractivity contribution in [1.82, 2.24) is 5.32 Å². The Morgan fingerprint density at radius 3 is 2.21 bits per heavy atom. The Hall–Kier alpha value is -1.40. The monoisotopic (exact) mass is 285 g/mol. The molecule has 0 fully saturated rings. The fourth-order valence-corrected chi connectivity index (χ4v) is 2.21. The maximum absolute atomic E-state index is 12.0. The predicted molar refractivity (Wildman–Crippen MR) is 72.8 cm³/mol. The van der Waals surface area contributed by atoms with Crippen molar-refractivity contribution in [3.05, 3.63) is 29.8 Å². The Morgan fingerprint density at radius 1 is 1.26 bits per heavy atom. The van der Waals surface area contributed by atoms with Gasteiger partial charge in [0.15, 0.2) is 9.84 Å². The van der Waals surface area contributed by atoms with Crippen molar-refractivity contribution in [2.45, 2.75) is 30.7 Å². The van der Waals surface area contributed by atoms with Gasteiger partial charge in [0.25, 0.3) is 5.91 Å². The summed E-state index contributed by atoms with van der Waals surface area (Å²) < 4.78 is 22.6. The largest absolute Gasteiger partial charge is 0.396 e. The number of hydrogen-bond acceptors (Lipinski definition) is 4. The average molecular weight is 285 g/mol. The smallest absolute Gasteiger partial charge is 0.251 e. The summed E-state index contributed by atoms with van der Waals surface area (Å²) in [6.07, 6.45) is 1.56. The van der Waals surface area contributed by atoms with Crippen molar-refractivity contribution in [2.75, 3.05) is 12.9 Å². The van der Waals surface area contributed by atoms with E-state index in [1.165, 1.54) is 24.3 Å². The van der Waals surface area contributed by atoms with E-state index in [1.54, 1.807) is 0 Å². The van der Waals surface area contributed by atoms with Gasteiger partial charge in [0.05, 0.1) is 4.90 Å². The molecule has 0 saturated heterocycles. The molecule has 2 N–H and O–H groups in total. The summed E-state index contributed by atoms with van der Waals surface area (Å²) in [5, 5.41) is 11.7. The summed E-state index contributed by atoms with van der Waals surface area (Å²) in [4.78, 5) is 12.1. The lowest BCUT2D eigenvalue weighted by atomic mass is 10.0. The Labute approximate surface area is 113 Å². The van der Waals surface area contributed by atoms with Crippen LogP contribution in [0.3, 0.4) is 0 Å². The second-order valence-electron chi connectivity index (χ2n) is 5.11. The molecule has 0 aliphatic carbocycles. The Bertz CT molecular complexity index is 547. The molecule has 1 rings (SSSR count). The van der Waals surface area contributed by atoms with Gasteiger partial charge in [-0.25, -0.2) is 8.42 Å². The van der Waals surface area contributed by atoms with Gasteiger partial charge < -0.3 is 10.4 Å². The van der Waals surface area contributed by atoms with Crippen LogP contribution >= 0.6 is 0 Å². The van der Waals surface area contributed by atoms with E-state index in [-0.39, 0.29) is 17.4 Å². The van der Waals surface area contributed by atoms with Gasteiger partial charge >= 0.3 is 0 Å². The minimum absolute atomic E-state index is 0.0136. The number of sulfone groups is 1. The molecule has 5 nitrogen and oxygen atoms in total. The number of rotatable bonds is 5. The lowest BCUT2D eigenvalue weighted by molar-refractivity contribution is 0.0899. The molecule has 0 unspecified atom stereocenters. The molecule has 6 heteroatoms. The predicted octanol–water partition coefficient (Wildman–Crippen LogP) is 0.981. The maximum Gasteiger partial charge on any atom is 0.251 e. The maximum atomic E-state index is 12.0. The lowest BCUT2D eigenvalue weighted by Gasteiger charge is -2.25. The van der Waals surface area contributed by atoms with E-state index >= 15 is 0 Å². The van der Waals surface area contributed by atoms with E-state index < -0.39 is 15.4 Å². The van der Waals surface area contributed by atoms with Crippen molar-refractivity contribution in [2.24, 2.45) is 0 Å². The number of nitrogens with one attached hydrogen (secondary N) is 1. The first kappa shape index (κ1) is 15.7. The second-order valence-corrected chi connectivity index (χ2v) is 7.12. The van der Waals surface area contributed by atoms with Gasteiger partial charge in [-0.15, -0.1) is 0 Å². The van der Waals surface area contributed by atoms with E-state index in [0.29, 0.717) is 12.0 Å². The molecule has 106 valence electrons. The number of carbonyl (C=O) groups is 1. The molecule has 0 saturated carbocycles. The molecule has 1 aromatic carbocycles. The zero-order chi connectivity index (χ0) is 14.7. The van der Waals surface area contributed by atoms with Crippen LogP contribution in [0.4, 0.5) is 0 Å². The molecule has 19 heavy (non-hydrogen) atoms. The number of aliphatic hydroxyl groups is 1. The van der Waals surface area contributed by atoms with Crippen LogP contribution in [0.1, 0.15) is 30.6 Å². The highest BCUT2D eigenvalue weighted by Crippen LogP contribution is 2.13. The highest BCUT2D eigenvalue weighted by molar-refractivity contribution is 7.90. The molecule has 0 spiro atoms. The number of hydrogen-bond donors (Lipinski definition) is 2. The molecule has 0 radical (unpaired) electrons. The van der Waals surface area contributed by atoms with Crippen molar-refractivity contribution >= 4 is 15.7 Å². The van der Waals surface area contributed by atoms with Crippen LogP contribution in [0.15, 0.2) is 29.2 Å². The summed E-state index contributed by atoms with van der Waals surface area (Å²) in [5.41, 5.74) is -0.125. The van der Waals surface area contributed by atoms with Crippen LogP contribution in [0, 0.1) is 0 Å². The van der Waals surface area contributed by atoms with Gasteiger partial charge in [-0.2, -0.15) is 0 Å². The molecule has 1 amide bonds. The highest BCUT2D eigenvalue weighted by atomic mass is 32.2. The third kappa shape index (κ3) is 4.65. The van der Waals surface area contributed by atoms with Crippen LogP contribution in [0.5, 0.6) is 0 Å². The van der Waals surface area contributed by atoms with E-state index in [4.69, 9.17) is 5.11 Å². The quantitative estimate of drug-likeness (QED) is 0.844. The second kappa shape index (κ2) is 5.71. The fourth-order valence-electron chi connectivity index (χ4n) is 1.58. The lowest BCUT2D eigenvalue weighted by Crippen LogP contribution is -2.44. The van der Waals surface area contributed by atoms with E-state index in [2.05, 4.69) is 5.32 Å².